The predicted molar refractivity (Wildman–Crippen MR) is 110 cm³/mol. The minimum Gasteiger partial charge on any atom is -0.497 e. The molecular weight excluding hydrogens is 334 g/mol. The van der Waals surface area contributed by atoms with Crippen molar-refractivity contribution in [2.75, 3.05) is 14.2 Å². The first kappa shape index (κ1) is 16.1. The minimum absolute atomic E-state index is 0.818. The van der Waals surface area contributed by atoms with E-state index in [9.17, 15) is 0 Å². The number of fused-ring (bicyclic) bond motifs is 5. The summed E-state index contributed by atoms with van der Waals surface area (Å²) in [6.07, 6.45) is 3.32. The molecule has 0 aliphatic heterocycles. The summed E-state index contributed by atoms with van der Waals surface area (Å²) in [5.41, 5.74) is 5.88. The molecule has 1 aliphatic rings. The Hall–Kier alpha value is -3.07. The summed E-state index contributed by atoms with van der Waals surface area (Å²) in [4.78, 5) is 5.12. The lowest BCUT2D eigenvalue weighted by Crippen LogP contribution is -1.99. The molecule has 3 nitrogen and oxygen atoms in total. The molecular formula is C24H21NO2. The van der Waals surface area contributed by atoms with Gasteiger partial charge in [-0.25, -0.2) is 4.98 Å². The second-order valence-electron chi connectivity index (χ2n) is 7.02. The third-order valence-corrected chi connectivity index (χ3v) is 5.61. The molecule has 1 aromatic heterocycles. The van der Waals surface area contributed by atoms with Crippen LogP contribution < -0.4 is 9.47 Å². The van der Waals surface area contributed by atoms with Gasteiger partial charge in [0.2, 0.25) is 0 Å². The van der Waals surface area contributed by atoms with E-state index in [2.05, 4.69) is 36.4 Å². The molecule has 5 rings (SSSR count). The number of aryl methyl sites for hydroxylation is 1. The lowest BCUT2D eigenvalue weighted by molar-refractivity contribution is 0.404. The predicted octanol–water partition coefficient (Wildman–Crippen LogP) is 5.56. The Bertz CT molecular complexity index is 1180. The van der Waals surface area contributed by atoms with Crippen molar-refractivity contribution < 1.29 is 9.47 Å². The first-order valence-corrected chi connectivity index (χ1v) is 9.36. The van der Waals surface area contributed by atoms with Gasteiger partial charge in [-0.05, 0) is 65.4 Å². The number of benzene rings is 3. The Morgan fingerprint density at radius 2 is 1.70 bits per heavy atom. The average molecular weight is 355 g/mol. The van der Waals surface area contributed by atoms with Crippen LogP contribution in [0.3, 0.4) is 0 Å². The van der Waals surface area contributed by atoms with Crippen molar-refractivity contribution in [3.63, 3.8) is 0 Å². The van der Waals surface area contributed by atoms with E-state index in [4.69, 9.17) is 14.5 Å². The highest BCUT2D eigenvalue weighted by Gasteiger charge is 2.23. The molecule has 0 atom stereocenters. The van der Waals surface area contributed by atoms with Gasteiger partial charge in [-0.2, -0.15) is 0 Å². The maximum Gasteiger partial charge on any atom is 0.128 e. The van der Waals surface area contributed by atoms with Crippen molar-refractivity contribution in [1.29, 1.82) is 0 Å². The van der Waals surface area contributed by atoms with E-state index in [0.29, 0.717) is 0 Å². The fourth-order valence-corrected chi connectivity index (χ4v) is 4.36. The van der Waals surface area contributed by atoms with Crippen molar-refractivity contribution in [3.8, 4) is 22.8 Å². The Morgan fingerprint density at radius 3 is 2.56 bits per heavy atom. The van der Waals surface area contributed by atoms with Crippen molar-refractivity contribution in [3.05, 3.63) is 65.7 Å². The topological polar surface area (TPSA) is 31.4 Å². The molecule has 1 heterocycles. The molecule has 27 heavy (non-hydrogen) atoms. The van der Waals surface area contributed by atoms with Crippen molar-refractivity contribution >= 4 is 21.7 Å². The highest BCUT2D eigenvalue weighted by atomic mass is 16.5. The van der Waals surface area contributed by atoms with Crippen LogP contribution in [0.25, 0.3) is 32.9 Å². The fourth-order valence-electron chi connectivity index (χ4n) is 4.36. The number of ether oxygens (including phenoxy) is 2. The molecule has 134 valence electrons. The SMILES string of the molecule is COc1ccc(OC)c(-c2nc3ccc4ccccc4c3c3c2CCC3)c1. The van der Waals surface area contributed by atoms with Crippen LogP contribution in [0.1, 0.15) is 17.5 Å². The van der Waals surface area contributed by atoms with Crippen LogP contribution in [-0.2, 0) is 12.8 Å². The number of pyridine rings is 1. The number of rotatable bonds is 3. The van der Waals surface area contributed by atoms with Crippen molar-refractivity contribution in [2.24, 2.45) is 0 Å². The number of hydrogen-bond donors (Lipinski definition) is 0. The van der Waals surface area contributed by atoms with Gasteiger partial charge >= 0.3 is 0 Å². The van der Waals surface area contributed by atoms with Crippen LogP contribution in [0.4, 0.5) is 0 Å². The van der Waals surface area contributed by atoms with Gasteiger partial charge in [0.25, 0.3) is 0 Å². The molecule has 1 aliphatic carbocycles. The second kappa shape index (κ2) is 6.27. The van der Waals surface area contributed by atoms with Gasteiger partial charge in [0.15, 0.2) is 0 Å². The molecule has 0 radical (unpaired) electrons. The molecule has 3 heteroatoms. The van der Waals surface area contributed by atoms with Crippen LogP contribution in [0.5, 0.6) is 11.5 Å². The van der Waals surface area contributed by atoms with Crippen LogP contribution in [0.15, 0.2) is 54.6 Å². The van der Waals surface area contributed by atoms with E-state index in [0.717, 1.165) is 41.1 Å². The summed E-state index contributed by atoms with van der Waals surface area (Å²) in [6, 6.07) is 18.8. The number of hydrogen-bond acceptors (Lipinski definition) is 3. The molecule has 0 saturated heterocycles. The van der Waals surface area contributed by atoms with Crippen LogP contribution in [-0.4, -0.2) is 19.2 Å². The largest absolute Gasteiger partial charge is 0.497 e. The quantitative estimate of drug-likeness (QED) is 0.451. The summed E-state index contributed by atoms with van der Waals surface area (Å²) in [6.45, 7) is 0. The minimum atomic E-state index is 0.818. The Labute approximate surface area is 158 Å². The third kappa shape index (κ3) is 2.46. The van der Waals surface area contributed by atoms with E-state index in [-0.39, 0.29) is 0 Å². The number of methoxy groups -OCH3 is 2. The molecule has 0 amide bonds. The standard InChI is InChI=1S/C24H21NO2/c1-26-16-11-13-22(27-2)20(14-16)24-19-9-5-8-18(19)23-17-7-4-3-6-15(17)10-12-21(23)25-24/h3-4,6-7,10-14H,5,8-9H2,1-2H3. The lowest BCUT2D eigenvalue weighted by Gasteiger charge is -2.16. The average Bonchev–Trinajstić information content (AvgIpc) is 3.22. The van der Waals surface area contributed by atoms with Crippen LogP contribution >= 0.6 is 0 Å². The Kier molecular flexibility index (Phi) is 3.75. The molecule has 0 saturated carbocycles. The van der Waals surface area contributed by atoms with E-state index in [1.807, 2.05) is 18.2 Å². The Morgan fingerprint density at radius 1 is 0.852 bits per heavy atom. The van der Waals surface area contributed by atoms with E-state index in [1.54, 1.807) is 14.2 Å². The molecule has 0 unspecified atom stereocenters. The highest BCUT2D eigenvalue weighted by Crippen LogP contribution is 2.42. The molecule has 0 fully saturated rings. The zero-order valence-corrected chi connectivity index (χ0v) is 15.6. The summed E-state index contributed by atoms with van der Waals surface area (Å²) < 4.78 is 11.1. The highest BCUT2D eigenvalue weighted by molar-refractivity contribution is 6.09. The zero-order chi connectivity index (χ0) is 18.4. The fraction of sp³-hybridized carbons (Fsp3) is 0.208. The van der Waals surface area contributed by atoms with Gasteiger partial charge in [-0.1, -0.05) is 30.3 Å². The second-order valence-corrected chi connectivity index (χ2v) is 7.02. The molecule has 0 spiro atoms. The van der Waals surface area contributed by atoms with Crippen LogP contribution in [0, 0.1) is 0 Å². The van der Waals surface area contributed by atoms with Gasteiger partial charge in [-0.15, -0.1) is 0 Å². The van der Waals surface area contributed by atoms with Gasteiger partial charge in [0, 0.05) is 10.9 Å². The molecule has 0 N–H and O–H groups in total. The zero-order valence-electron chi connectivity index (χ0n) is 15.6. The Balaban J connectivity index is 1.87. The summed E-state index contributed by atoms with van der Waals surface area (Å²) in [5, 5.41) is 3.88. The van der Waals surface area contributed by atoms with Crippen LogP contribution in [0.2, 0.25) is 0 Å². The summed E-state index contributed by atoms with van der Waals surface area (Å²) in [5.74, 6) is 1.65. The molecule has 3 aromatic carbocycles. The van der Waals surface area contributed by atoms with Gasteiger partial charge in [0.1, 0.15) is 11.5 Å². The van der Waals surface area contributed by atoms with Gasteiger partial charge in [-0.3, -0.25) is 0 Å². The maximum absolute atomic E-state index is 5.65. The first-order chi connectivity index (χ1) is 13.3. The van der Waals surface area contributed by atoms with Gasteiger partial charge < -0.3 is 9.47 Å². The van der Waals surface area contributed by atoms with Crippen molar-refractivity contribution in [1.82, 2.24) is 4.98 Å². The summed E-state index contributed by atoms with van der Waals surface area (Å²) >= 11 is 0. The normalized spacial score (nSPS) is 13.1. The van der Waals surface area contributed by atoms with E-state index in [1.165, 1.54) is 33.7 Å². The van der Waals surface area contributed by atoms with Crippen molar-refractivity contribution in [2.45, 2.75) is 19.3 Å². The lowest BCUT2D eigenvalue weighted by atomic mass is 9.95. The maximum atomic E-state index is 5.65. The van der Waals surface area contributed by atoms with Gasteiger partial charge in [0.05, 0.1) is 25.4 Å². The molecule has 4 aromatic rings. The molecule has 0 bridgehead atoms. The van der Waals surface area contributed by atoms with E-state index < -0.39 is 0 Å². The summed E-state index contributed by atoms with van der Waals surface area (Å²) in [7, 11) is 3.40. The smallest absolute Gasteiger partial charge is 0.128 e. The number of aromatic nitrogens is 1. The number of nitrogens with zero attached hydrogens (tertiary/aromatic N) is 1. The third-order valence-electron chi connectivity index (χ3n) is 5.61. The first-order valence-electron chi connectivity index (χ1n) is 9.36. The van der Waals surface area contributed by atoms with E-state index >= 15 is 0 Å². The monoisotopic (exact) mass is 355 g/mol.